The Kier molecular flexibility index (Phi) is 5.99. The number of amides is 1. The predicted molar refractivity (Wildman–Crippen MR) is 116 cm³/mol. The van der Waals surface area contributed by atoms with E-state index in [1.54, 1.807) is 28.8 Å². The Hall–Kier alpha value is -2.93. The quantitative estimate of drug-likeness (QED) is 0.438. The van der Waals surface area contributed by atoms with Crippen molar-refractivity contribution in [2.45, 2.75) is 36.8 Å². The Morgan fingerprint density at radius 2 is 1.93 bits per heavy atom. The lowest BCUT2D eigenvalue weighted by Crippen LogP contribution is -2.40. The van der Waals surface area contributed by atoms with E-state index in [0.717, 1.165) is 6.42 Å². The van der Waals surface area contributed by atoms with Crippen LogP contribution in [0.4, 0.5) is 4.39 Å². The zero-order chi connectivity index (χ0) is 21.1. The molecule has 30 heavy (non-hydrogen) atoms. The SMILES string of the molecule is C=CCn1c(SC(C)C(=O)N2CCc3ccccc3C2)nnc1-c1ccccc1F. The summed E-state index contributed by atoms with van der Waals surface area (Å²) in [6, 6.07) is 14.7. The first-order valence-corrected chi connectivity index (χ1v) is 10.8. The van der Waals surface area contributed by atoms with E-state index in [-0.39, 0.29) is 17.0 Å². The van der Waals surface area contributed by atoms with Crippen LogP contribution < -0.4 is 0 Å². The van der Waals surface area contributed by atoms with Crippen LogP contribution in [0.25, 0.3) is 11.4 Å². The van der Waals surface area contributed by atoms with Gasteiger partial charge in [0.15, 0.2) is 11.0 Å². The van der Waals surface area contributed by atoms with E-state index in [2.05, 4.69) is 28.9 Å². The van der Waals surface area contributed by atoms with Crippen molar-refractivity contribution in [3.63, 3.8) is 0 Å². The third-order valence-electron chi connectivity index (χ3n) is 5.22. The van der Waals surface area contributed by atoms with Crippen molar-refractivity contribution >= 4 is 17.7 Å². The maximum Gasteiger partial charge on any atom is 0.236 e. The minimum atomic E-state index is -0.358. The highest BCUT2D eigenvalue weighted by molar-refractivity contribution is 8.00. The Morgan fingerprint density at radius 1 is 1.20 bits per heavy atom. The fourth-order valence-corrected chi connectivity index (χ4v) is 4.60. The number of rotatable bonds is 6. The summed E-state index contributed by atoms with van der Waals surface area (Å²) in [6.45, 7) is 7.43. The highest BCUT2D eigenvalue weighted by Gasteiger charge is 2.27. The van der Waals surface area contributed by atoms with E-state index in [9.17, 15) is 9.18 Å². The first-order valence-electron chi connectivity index (χ1n) is 9.89. The normalized spacial score (nSPS) is 14.3. The molecule has 5 nitrogen and oxygen atoms in total. The maximum atomic E-state index is 14.3. The second kappa shape index (κ2) is 8.83. The average molecular weight is 423 g/mol. The third-order valence-corrected chi connectivity index (χ3v) is 6.28. The van der Waals surface area contributed by atoms with Crippen LogP contribution in [0.1, 0.15) is 18.1 Å². The summed E-state index contributed by atoms with van der Waals surface area (Å²) in [5.74, 6) is 0.139. The van der Waals surface area contributed by atoms with Crippen molar-refractivity contribution in [2.24, 2.45) is 0 Å². The molecule has 0 spiro atoms. The number of benzene rings is 2. The molecule has 7 heteroatoms. The summed E-state index contributed by atoms with van der Waals surface area (Å²) in [6.07, 6.45) is 2.58. The van der Waals surface area contributed by atoms with Gasteiger partial charge in [0, 0.05) is 19.6 Å². The van der Waals surface area contributed by atoms with Crippen LogP contribution in [-0.4, -0.2) is 37.4 Å². The summed E-state index contributed by atoms with van der Waals surface area (Å²) >= 11 is 1.34. The zero-order valence-corrected chi connectivity index (χ0v) is 17.6. The number of hydrogen-bond donors (Lipinski definition) is 0. The summed E-state index contributed by atoms with van der Waals surface area (Å²) < 4.78 is 16.1. The molecule has 1 aromatic heterocycles. The number of thioether (sulfide) groups is 1. The molecule has 0 bridgehead atoms. The minimum Gasteiger partial charge on any atom is -0.337 e. The second-order valence-electron chi connectivity index (χ2n) is 7.22. The lowest BCUT2D eigenvalue weighted by atomic mass is 10.00. The van der Waals surface area contributed by atoms with Crippen LogP contribution in [0.5, 0.6) is 0 Å². The molecule has 3 aromatic rings. The maximum absolute atomic E-state index is 14.3. The number of nitrogens with zero attached hydrogens (tertiary/aromatic N) is 4. The number of aromatic nitrogens is 3. The molecule has 1 aliphatic rings. The molecular formula is C23H23FN4OS. The van der Waals surface area contributed by atoms with Crippen molar-refractivity contribution in [1.29, 1.82) is 0 Å². The van der Waals surface area contributed by atoms with Gasteiger partial charge in [-0.1, -0.05) is 54.2 Å². The lowest BCUT2D eigenvalue weighted by molar-refractivity contribution is -0.131. The Labute approximate surface area is 179 Å². The lowest BCUT2D eigenvalue weighted by Gasteiger charge is -2.30. The smallest absolute Gasteiger partial charge is 0.236 e. The van der Waals surface area contributed by atoms with E-state index in [0.29, 0.717) is 36.2 Å². The fraction of sp³-hybridized carbons (Fsp3) is 0.261. The fourth-order valence-electron chi connectivity index (χ4n) is 3.66. The molecule has 0 aliphatic carbocycles. The van der Waals surface area contributed by atoms with Crippen molar-refractivity contribution in [3.8, 4) is 11.4 Å². The van der Waals surface area contributed by atoms with Gasteiger partial charge >= 0.3 is 0 Å². The second-order valence-corrected chi connectivity index (χ2v) is 8.53. The average Bonchev–Trinajstić information content (AvgIpc) is 3.15. The summed E-state index contributed by atoms with van der Waals surface area (Å²) in [5.41, 5.74) is 2.89. The number of carbonyl (C=O) groups excluding carboxylic acids is 1. The number of allylic oxidation sites excluding steroid dienone is 1. The number of hydrogen-bond acceptors (Lipinski definition) is 4. The molecule has 4 rings (SSSR count). The van der Waals surface area contributed by atoms with Crippen molar-refractivity contribution in [1.82, 2.24) is 19.7 Å². The molecule has 1 atom stereocenters. The first-order chi connectivity index (χ1) is 14.6. The van der Waals surface area contributed by atoms with Gasteiger partial charge in [0.2, 0.25) is 5.91 Å². The molecule has 1 aliphatic heterocycles. The molecule has 154 valence electrons. The Balaban J connectivity index is 1.53. The summed E-state index contributed by atoms with van der Waals surface area (Å²) in [4.78, 5) is 15.0. The molecule has 0 fully saturated rings. The Bertz CT molecular complexity index is 1080. The van der Waals surface area contributed by atoms with Crippen LogP contribution in [0.15, 0.2) is 66.3 Å². The molecule has 0 radical (unpaired) electrons. The van der Waals surface area contributed by atoms with E-state index in [1.165, 1.54) is 29.0 Å². The predicted octanol–water partition coefficient (Wildman–Crippen LogP) is 4.34. The molecule has 0 N–H and O–H groups in total. The third kappa shape index (κ3) is 4.03. The summed E-state index contributed by atoms with van der Waals surface area (Å²) in [7, 11) is 0. The summed E-state index contributed by atoms with van der Waals surface area (Å²) in [5, 5.41) is 8.69. The minimum absolute atomic E-state index is 0.0649. The van der Waals surface area contributed by atoms with Gasteiger partial charge in [-0.15, -0.1) is 16.8 Å². The van der Waals surface area contributed by atoms with E-state index in [4.69, 9.17) is 0 Å². The number of halogens is 1. The highest BCUT2D eigenvalue weighted by Crippen LogP contribution is 2.30. The van der Waals surface area contributed by atoms with Gasteiger partial charge in [-0.25, -0.2) is 4.39 Å². The van der Waals surface area contributed by atoms with Gasteiger partial charge < -0.3 is 4.90 Å². The van der Waals surface area contributed by atoms with E-state index >= 15 is 0 Å². The van der Waals surface area contributed by atoms with Crippen LogP contribution in [0, 0.1) is 5.82 Å². The molecule has 1 unspecified atom stereocenters. The van der Waals surface area contributed by atoms with Gasteiger partial charge in [0.1, 0.15) is 5.82 Å². The highest BCUT2D eigenvalue weighted by atomic mass is 32.2. The number of carbonyl (C=O) groups is 1. The monoisotopic (exact) mass is 422 g/mol. The van der Waals surface area contributed by atoms with Gasteiger partial charge in [0.25, 0.3) is 0 Å². The molecule has 2 heterocycles. The van der Waals surface area contributed by atoms with Gasteiger partial charge in [0.05, 0.1) is 10.8 Å². The van der Waals surface area contributed by atoms with Gasteiger partial charge in [-0.3, -0.25) is 9.36 Å². The van der Waals surface area contributed by atoms with Crippen molar-refractivity contribution in [3.05, 3.63) is 78.1 Å². The molecule has 0 saturated carbocycles. The molecule has 2 aromatic carbocycles. The zero-order valence-electron chi connectivity index (χ0n) is 16.8. The molecule has 0 saturated heterocycles. The van der Waals surface area contributed by atoms with Crippen LogP contribution in [0.3, 0.4) is 0 Å². The molecular weight excluding hydrogens is 399 g/mol. The van der Waals surface area contributed by atoms with E-state index in [1.807, 2.05) is 24.0 Å². The van der Waals surface area contributed by atoms with Crippen molar-refractivity contribution in [2.75, 3.05) is 6.54 Å². The van der Waals surface area contributed by atoms with Crippen molar-refractivity contribution < 1.29 is 9.18 Å². The molecule has 1 amide bonds. The topological polar surface area (TPSA) is 51.0 Å². The van der Waals surface area contributed by atoms with E-state index < -0.39 is 0 Å². The number of fused-ring (bicyclic) bond motifs is 1. The standard InChI is InChI=1S/C23H23FN4OS/c1-3-13-28-21(19-10-6-7-11-20(19)24)25-26-23(28)30-16(2)22(29)27-14-12-17-8-4-5-9-18(17)15-27/h3-11,16H,1,12-15H2,2H3. The van der Waals surface area contributed by atoms with Crippen LogP contribution >= 0.6 is 11.8 Å². The van der Waals surface area contributed by atoms with Crippen LogP contribution in [-0.2, 0) is 24.3 Å². The first kappa shape index (κ1) is 20.3. The van der Waals surface area contributed by atoms with Gasteiger partial charge in [-0.2, -0.15) is 0 Å². The Morgan fingerprint density at radius 3 is 2.70 bits per heavy atom. The van der Waals surface area contributed by atoms with Crippen LogP contribution in [0.2, 0.25) is 0 Å². The largest absolute Gasteiger partial charge is 0.337 e. The van der Waals surface area contributed by atoms with Gasteiger partial charge in [-0.05, 0) is 36.6 Å².